The molecule has 7 heteroatoms. The van der Waals surface area contributed by atoms with Gasteiger partial charge >= 0.3 is 0 Å². The maximum atomic E-state index is 13.4. The van der Waals surface area contributed by atoms with Gasteiger partial charge in [-0.1, -0.05) is 48.4 Å². The number of carbonyl (C=O) groups excluding carboxylic acids is 2. The number of fused-ring (bicyclic) bond motifs is 1. The van der Waals surface area contributed by atoms with Crippen LogP contribution in [0.3, 0.4) is 0 Å². The second-order valence-corrected chi connectivity index (χ2v) is 10.3. The van der Waals surface area contributed by atoms with Crippen molar-refractivity contribution in [1.29, 1.82) is 0 Å². The molecule has 0 radical (unpaired) electrons. The van der Waals surface area contributed by atoms with Gasteiger partial charge in [-0.2, -0.15) is 0 Å². The van der Waals surface area contributed by atoms with Gasteiger partial charge in [0, 0.05) is 36.7 Å². The third kappa shape index (κ3) is 3.66. The summed E-state index contributed by atoms with van der Waals surface area (Å²) in [6.45, 7) is 6.85. The van der Waals surface area contributed by atoms with Crippen molar-refractivity contribution in [3.63, 3.8) is 0 Å². The fraction of sp³-hybridized carbons (Fsp3) is 0.600. The fourth-order valence-corrected chi connectivity index (χ4v) is 6.38. The molecule has 1 spiro atoms. The van der Waals surface area contributed by atoms with E-state index in [0.29, 0.717) is 36.7 Å². The highest BCUT2D eigenvalue weighted by molar-refractivity contribution is 6.31. The van der Waals surface area contributed by atoms with Crippen LogP contribution in [0.25, 0.3) is 0 Å². The molecule has 0 aliphatic carbocycles. The smallest absolute Gasteiger partial charge is 0.230 e. The van der Waals surface area contributed by atoms with Crippen molar-refractivity contribution in [3.05, 3.63) is 47.0 Å². The van der Waals surface area contributed by atoms with Gasteiger partial charge in [-0.3, -0.25) is 14.5 Å². The first kappa shape index (κ1) is 21.9. The maximum Gasteiger partial charge on any atom is 0.230 e. The van der Waals surface area contributed by atoms with Gasteiger partial charge in [0.2, 0.25) is 11.8 Å². The van der Waals surface area contributed by atoms with E-state index in [-0.39, 0.29) is 17.9 Å². The largest absolute Gasteiger partial charge is 0.360 e. The molecule has 4 heterocycles. The molecule has 5 rings (SSSR count). The highest BCUT2D eigenvalue weighted by Crippen LogP contribution is 2.52. The molecular formula is C25H32ClN3O3. The number of halogens is 1. The molecule has 3 saturated heterocycles. The highest BCUT2D eigenvalue weighted by Gasteiger charge is 2.66. The van der Waals surface area contributed by atoms with Gasteiger partial charge in [-0.05, 0) is 38.3 Å². The Morgan fingerprint density at radius 3 is 2.75 bits per heavy atom. The Morgan fingerprint density at radius 2 is 2.00 bits per heavy atom. The van der Waals surface area contributed by atoms with Crippen LogP contribution in [0.4, 0.5) is 0 Å². The number of nitrogens with zero attached hydrogens (tertiary/aromatic N) is 2. The molecule has 6 atom stereocenters. The van der Waals surface area contributed by atoms with E-state index in [1.807, 2.05) is 36.4 Å². The topological polar surface area (TPSA) is 61.9 Å². The molecule has 172 valence electrons. The number of nitrogens with one attached hydrogen (secondary N) is 1. The first-order valence-electron chi connectivity index (χ1n) is 11.8. The highest BCUT2D eigenvalue weighted by atomic mass is 35.5. The van der Waals surface area contributed by atoms with Crippen LogP contribution in [-0.2, 0) is 20.9 Å². The van der Waals surface area contributed by atoms with Crippen molar-refractivity contribution >= 4 is 23.4 Å². The third-order valence-corrected chi connectivity index (χ3v) is 8.21. The molecular weight excluding hydrogens is 426 g/mol. The van der Waals surface area contributed by atoms with Crippen LogP contribution in [0.15, 0.2) is 36.4 Å². The Bertz CT molecular complexity index is 927. The lowest BCUT2D eigenvalue weighted by molar-refractivity contribution is -0.137. The first-order valence-corrected chi connectivity index (χ1v) is 12.2. The quantitative estimate of drug-likeness (QED) is 0.667. The zero-order valence-electron chi connectivity index (χ0n) is 18.8. The van der Waals surface area contributed by atoms with Crippen molar-refractivity contribution < 1.29 is 14.3 Å². The molecule has 6 nitrogen and oxygen atoms in total. The molecule has 32 heavy (non-hydrogen) atoms. The van der Waals surface area contributed by atoms with Crippen LogP contribution in [0.5, 0.6) is 0 Å². The average molecular weight is 458 g/mol. The van der Waals surface area contributed by atoms with Gasteiger partial charge < -0.3 is 15.0 Å². The van der Waals surface area contributed by atoms with E-state index in [0.717, 1.165) is 12.1 Å². The van der Waals surface area contributed by atoms with Crippen molar-refractivity contribution in [2.24, 2.45) is 11.8 Å². The summed E-state index contributed by atoms with van der Waals surface area (Å²) >= 11 is 6.32. The van der Waals surface area contributed by atoms with E-state index in [9.17, 15) is 9.59 Å². The van der Waals surface area contributed by atoms with Crippen LogP contribution in [0, 0.1) is 11.8 Å². The number of amides is 2. The predicted octanol–water partition coefficient (Wildman–Crippen LogP) is 3.00. The lowest BCUT2D eigenvalue weighted by Crippen LogP contribution is -2.49. The van der Waals surface area contributed by atoms with Crippen LogP contribution in [0.1, 0.15) is 38.7 Å². The van der Waals surface area contributed by atoms with Crippen LogP contribution < -0.4 is 5.32 Å². The molecule has 1 aromatic carbocycles. The molecule has 0 aromatic heterocycles. The van der Waals surface area contributed by atoms with Crippen molar-refractivity contribution in [3.8, 4) is 0 Å². The van der Waals surface area contributed by atoms with Gasteiger partial charge in [0.05, 0.1) is 24.5 Å². The zero-order chi connectivity index (χ0) is 22.5. The van der Waals surface area contributed by atoms with Gasteiger partial charge in [0.1, 0.15) is 5.60 Å². The molecule has 1 aromatic rings. The number of piperidine rings is 1. The van der Waals surface area contributed by atoms with E-state index in [1.54, 1.807) is 4.90 Å². The second-order valence-electron chi connectivity index (χ2n) is 9.84. The summed E-state index contributed by atoms with van der Waals surface area (Å²) in [6, 6.07) is 8.65. The van der Waals surface area contributed by atoms with Crippen molar-refractivity contribution in [2.45, 2.75) is 63.4 Å². The minimum atomic E-state index is -0.694. The molecule has 1 N–H and O–H groups in total. The number of ether oxygens (including phenoxy) is 1. The molecule has 4 aliphatic heterocycles. The minimum Gasteiger partial charge on any atom is -0.360 e. The summed E-state index contributed by atoms with van der Waals surface area (Å²) in [5, 5.41) is 3.76. The summed E-state index contributed by atoms with van der Waals surface area (Å²) in [7, 11) is 0. The van der Waals surface area contributed by atoms with Gasteiger partial charge in [-0.15, -0.1) is 0 Å². The van der Waals surface area contributed by atoms with E-state index < -0.39 is 17.4 Å². The number of carbonyl (C=O) groups is 2. The molecule has 4 aliphatic rings. The average Bonchev–Trinajstić information content (AvgIpc) is 3.40. The minimum absolute atomic E-state index is 0.0183. The Hall–Kier alpha value is -1.89. The fourth-order valence-electron chi connectivity index (χ4n) is 6.19. The van der Waals surface area contributed by atoms with E-state index >= 15 is 0 Å². The Labute approximate surface area is 194 Å². The lowest BCUT2D eigenvalue weighted by atomic mass is 9.77. The summed E-state index contributed by atoms with van der Waals surface area (Å²) in [5.74, 6) is -1.03. The van der Waals surface area contributed by atoms with Crippen LogP contribution in [-0.4, -0.2) is 65.0 Å². The third-order valence-electron chi connectivity index (χ3n) is 7.85. The van der Waals surface area contributed by atoms with Crippen molar-refractivity contribution in [1.82, 2.24) is 15.1 Å². The van der Waals surface area contributed by atoms with E-state index in [2.05, 4.69) is 24.1 Å². The summed E-state index contributed by atoms with van der Waals surface area (Å²) in [6.07, 6.45) is 7.33. The predicted molar refractivity (Wildman–Crippen MR) is 123 cm³/mol. The molecule has 0 saturated carbocycles. The number of benzene rings is 1. The number of hydrogen-bond donors (Lipinski definition) is 1. The van der Waals surface area contributed by atoms with E-state index in [1.165, 1.54) is 19.3 Å². The first-order chi connectivity index (χ1) is 15.4. The molecule has 0 unspecified atom stereocenters. The standard InChI is InChI=1S/C25H32ClN3O3/c1-16-6-5-7-17(2)29(16)13-12-27-23(30)21-20-10-11-25(32-20)15-28(24(31)22(21)25)14-18-8-3-4-9-19(18)26/h3-4,8-11,16-17,20-22H,5-7,12-15H2,1-2H3,(H,27,30)/t16-,17-,20+,21+,22+,25+/m1/s1. The van der Waals surface area contributed by atoms with Gasteiger partial charge in [0.25, 0.3) is 0 Å². The molecule has 2 bridgehead atoms. The Kier molecular flexibility index (Phi) is 5.81. The summed E-state index contributed by atoms with van der Waals surface area (Å²) in [4.78, 5) is 30.9. The number of likely N-dealkylation sites (tertiary alicyclic amines) is 2. The van der Waals surface area contributed by atoms with Crippen LogP contribution >= 0.6 is 11.6 Å². The molecule has 3 fully saturated rings. The zero-order valence-corrected chi connectivity index (χ0v) is 19.6. The van der Waals surface area contributed by atoms with Gasteiger partial charge in [-0.25, -0.2) is 0 Å². The lowest BCUT2D eigenvalue weighted by Gasteiger charge is -2.39. The monoisotopic (exact) mass is 457 g/mol. The Morgan fingerprint density at radius 1 is 1.25 bits per heavy atom. The Balaban J connectivity index is 1.25. The molecule has 2 amide bonds. The number of hydrogen-bond acceptors (Lipinski definition) is 4. The van der Waals surface area contributed by atoms with Crippen LogP contribution in [0.2, 0.25) is 5.02 Å². The van der Waals surface area contributed by atoms with Crippen molar-refractivity contribution in [2.75, 3.05) is 19.6 Å². The second kappa shape index (κ2) is 8.47. The summed E-state index contributed by atoms with van der Waals surface area (Å²) < 4.78 is 6.24. The van der Waals surface area contributed by atoms with Gasteiger partial charge in [0.15, 0.2) is 0 Å². The van der Waals surface area contributed by atoms with E-state index in [4.69, 9.17) is 16.3 Å². The number of rotatable bonds is 6. The normalized spacial score (nSPS) is 36.0. The SMILES string of the molecule is C[C@@H]1CCC[C@@H](C)N1CCNC(=O)[C@H]1[C@@H]2C=C[C@@]3(CN(Cc4ccccc4Cl)C(=O)[C@H]13)O2. The summed E-state index contributed by atoms with van der Waals surface area (Å²) in [5.41, 5.74) is 0.212. The maximum absolute atomic E-state index is 13.4.